The highest BCUT2D eigenvalue weighted by Crippen LogP contribution is 2.43. The number of ether oxygens (including phenoxy) is 1. The van der Waals surface area contributed by atoms with Gasteiger partial charge in [0.1, 0.15) is 17.6 Å². The molecule has 0 bridgehead atoms. The highest BCUT2D eigenvalue weighted by molar-refractivity contribution is 7.80. The number of benzene rings is 1. The van der Waals surface area contributed by atoms with Gasteiger partial charge in [-0.25, -0.2) is 0 Å². The summed E-state index contributed by atoms with van der Waals surface area (Å²) in [7, 11) is 1.57. The Kier molecular flexibility index (Phi) is 5.67. The first kappa shape index (κ1) is 19.9. The van der Waals surface area contributed by atoms with E-state index >= 15 is 0 Å². The molecule has 2 unspecified atom stereocenters. The molecule has 2 N–H and O–H groups in total. The molecule has 1 aromatic carbocycles. The maximum Gasteiger partial charge on any atom is 0.224 e. The summed E-state index contributed by atoms with van der Waals surface area (Å²) in [6.07, 6.45) is 3.79. The number of nitrogens with zero attached hydrogens (tertiary/aromatic N) is 2. The highest BCUT2D eigenvalue weighted by Gasteiger charge is 2.42. The van der Waals surface area contributed by atoms with Gasteiger partial charge in [0.2, 0.25) is 5.91 Å². The predicted molar refractivity (Wildman–Crippen MR) is 119 cm³/mol. The highest BCUT2D eigenvalue weighted by atomic mass is 32.1. The van der Waals surface area contributed by atoms with Crippen LogP contribution >= 0.6 is 12.2 Å². The molecule has 2 atom stereocenters. The van der Waals surface area contributed by atoms with Crippen LogP contribution in [0.15, 0.2) is 65.4 Å². The van der Waals surface area contributed by atoms with Crippen molar-refractivity contribution in [2.24, 2.45) is 0 Å². The van der Waals surface area contributed by atoms with Gasteiger partial charge in [-0.05, 0) is 48.6 Å². The van der Waals surface area contributed by atoms with E-state index in [-0.39, 0.29) is 18.0 Å². The Hall–Kier alpha value is -3.39. The molecule has 0 spiro atoms. The number of furan rings is 1. The largest absolute Gasteiger partial charge is 0.494 e. The van der Waals surface area contributed by atoms with E-state index in [0.717, 1.165) is 17.1 Å². The second-order valence-electron chi connectivity index (χ2n) is 6.80. The first-order valence-corrected chi connectivity index (χ1v) is 10.0. The Bertz CT molecular complexity index is 1040. The maximum absolute atomic E-state index is 11.8. The topological polar surface area (TPSA) is 79.6 Å². The number of nitrogens with one attached hydrogen (secondary N) is 2. The molecule has 0 radical (unpaired) electrons. The lowest BCUT2D eigenvalue weighted by atomic mass is 10.0. The number of aromatic nitrogens is 1. The molecule has 154 valence electrons. The SMILES string of the molecule is CCC(=O)Nc1ccc(N2C(=S)NC(c3ccccn3)C2c2ccco2)cc1OC. The fourth-order valence-electron chi connectivity index (χ4n) is 3.55. The van der Waals surface area contributed by atoms with Crippen LogP contribution in [0.5, 0.6) is 5.75 Å². The van der Waals surface area contributed by atoms with Crippen LogP contribution in [0, 0.1) is 0 Å². The average Bonchev–Trinajstić information content (AvgIpc) is 3.42. The minimum Gasteiger partial charge on any atom is -0.494 e. The standard InChI is InChI=1S/C22H22N4O3S/c1-3-19(27)24-15-10-9-14(13-18(15)28-2)26-21(17-8-6-12-29-17)20(25-22(26)30)16-7-4-5-11-23-16/h4-13,20-21H,3H2,1-2H3,(H,24,27)(H,25,30). The van der Waals surface area contributed by atoms with Gasteiger partial charge in [0.25, 0.3) is 0 Å². The molecule has 3 heterocycles. The van der Waals surface area contributed by atoms with Crippen molar-refractivity contribution in [3.05, 3.63) is 72.4 Å². The van der Waals surface area contributed by atoms with Crippen molar-refractivity contribution in [1.82, 2.24) is 10.3 Å². The van der Waals surface area contributed by atoms with Crippen LogP contribution in [0.4, 0.5) is 11.4 Å². The molecule has 7 nitrogen and oxygen atoms in total. The molecule has 4 rings (SSSR count). The lowest BCUT2D eigenvalue weighted by molar-refractivity contribution is -0.115. The number of carbonyl (C=O) groups is 1. The van der Waals surface area contributed by atoms with E-state index in [0.29, 0.717) is 23.0 Å². The van der Waals surface area contributed by atoms with Crippen LogP contribution in [0.3, 0.4) is 0 Å². The summed E-state index contributed by atoms with van der Waals surface area (Å²) in [5.41, 5.74) is 2.29. The Balaban J connectivity index is 1.75. The van der Waals surface area contributed by atoms with Crippen LogP contribution < -0.4 is 20.3 Å². The quantitative estimate of drug-likeness (QED) is 0.576. The number of amides is 1. The van der Waals surface area contributed by atoms with Gasteiger partial charge < -0.3 is 24.7 Å². The lowest BCUT2D eigenvalue weighted by Gasteiger charge is -2.26. The Morgan fingerprint density at radius 1 is 1.30 bits per heavy atom. The first-order valence-electron chi connectivity index (χ1n) is 9.64. The van der Waals surface area contributed by atoms with E-state index in [1.54, 1.807) is 26.5 Å². The summed E-state index contributed by atoms with van der Waals surface area (Å²) in [5, 5.41) is 6.78. The van der Waals surface area contributed by atoms with E-state index in [1.807, 2.05) is 53.4 Å². The molecule has 1 aliphatic rings. The van der Waals surface area contributed by atoms with Gasteiger partial charge >= 0.3 is 0 Å². The van der Waals surface area contributed by atoms with Crippen LogP contribution in [0.1, 0.15) is 36.9 Å². The number of anilines is 2. The summed E-state index contributed by atoms with van der Waals surface area (Å²) >= 11 is 5.69. The maximum atomic E-state index is 11.8. The molecule has 0 aliphatic carbocycles. The second kappa shape index (κ2) is 8.54. The lowest BCUT2D eigenvalue weighted by Crippen LogP contribution is -2.29. The fourth-order valence-corrected chi connectivity index (χ4v) is 3.90. The fraction of sp³-hybridized carbons (Fsp3) is 0.227. The Labute approximate surface area is 180 Å². The summed E-state index contributed by atoms with van der Waals surface area (Å²) in [5.74, 6) is 1.24. The summed E-state index contributed by atoms with van der Waals surface area (Å²) < 4.78 is 11.3. The molecule has 3 aromatic rings. The number of hydrogen-bond donors (Lipinski definition) is 2. The zero-order valence-corrected chi connectivity index (χ0v) is 17.5. The van der Waals surface area contributed by atoms with Gasteiger partial charge in [0, 0.05) is 24.4 Å². The Morgan fingerprint density at radius 3 is 2.83 bits per heavy atom. The van der Waals surface area contributed by atoms with Crippen LogP contribution in [0.25, 0.3) is 0 Å². The van der Waals surface area contributed by atoms with Gasteiger partial charge in [-0.3, -0.25) is 9.78 Å². The van der Waals surface area contributed by atoms with Crippen molar-refractivity contribution < 1.29 is 13.9 Å². The Morgan fingerprint density at radius 2 is 2.17 bits per heavy atom. The minimum absolute atomic E-state index is 0.0805. The molecule has 30 heavy (non-hydrogen) atoms. The zero-order valence-electron chi connectivity index (χ0n) is 16.7. The van der Waals surface area contributed by atoms with E-state index in [1.165, 1.54) is 0 Å². The summed E-state index contributed by atoms with van der Waals surface area (Å²) in [6.45, 7) is 1.80. The van der Waals surface area contributed by atoms with Crippen LogP contribution in [-0.4, -0.2) is 23.1 Å². The number of methoxy groups -OCH3 is 1. The van der Waals surface area contributed by atoms with Gasteiger partial charge in [-0.1, -0.05) is 13.0 Å². The molecule has 1 amide bonds. The van der Waals surface area contributed by atoms with Crippen molar-refractivity contribution in [2.75, 3.05) is 17.3 Å². The van der Waals surface area contributed by atoms with E-state index < -0.39 is 0 Å². The van der Waals surface area contributed by atoms with Crippen molar-refractivity contribution in [3.63, 3.8) is 0 Å². The van der Waals surface area contributed by atoms with E-state index in [9.17, 15) is 4.79 Å². The minimum atomic E-state index is -0.233. The number of pyridine rings is 1. The molecule has 0 saturated carbocycles. The zero-order chi connectivity index (χ0) is 21.1. The number of hydrogen-bond acceptors (Lipinski definition) is 5. The second-order valence-corrected chi connectivity index (χ2v) is 7.19. The molecular weight excluding hydrogens is 400 g/mol. The number of thiocarbonyl (C=S) groups is 1. The first-order chi connectivity index (χ1) is 14.6. The van der Waals surface area contributed by atoms with E-state index in [2.05, 4.69) is 15.6 Å². The molecule has 1 aliphatic heterocycles. The van der Waals surface area contributed by atoms with E-state index in [4.69, 9.17) is 21.4 Å². The normalized spacial score (nSPS) is 18.2. The molecule has 1 saturated heterocycles. The van der Waals surface area contributed by atoms with Crippen molar-refractivity contribution in [1.29, 1.82) is 0 Å². The molecular formula is C22H22N4O3S. The molecule has 1 fully saturated rings. The van der Waals surface area contributed by atoms with Gasteiger partial charge in [-0.15, -0.1) is 0 Å². The summed E-state index contributed by atoms with van der Waals surface area (Å²) in [6, 6.07) is 14.7. The molecule has 2 aromatic heterocycles. The molecule has 8 heteroatoms. The third-order valence-corrected chi connectivity index (χ3v) is 5.31. The number of rotatable bonds is 6. The third kappa shape index (κ3) is 3.73. The van der Waals surface area contributed by atoms with Crippen molar-refractivity contribution in [2.45, 2.75) is 25.4 Å². The number of carbonyl (C=O) groups excluding carboxylic acids is 1. The third-order valence-electron chi connectivity index (χ3n) is 4.99. The van der Waals surface area contributed by atoms with Crippen molar-refractivity contribution in [3.8, 4) is 5.75 Å². The van der Waals surface area contributed by atoms with Gasteiger partial charge in [-0.2, -0.15) is 0 Å². The predicted octanol–water partition coefficient (Wildman–Crippen LogP) is 4.21. The van der Waals surface area contributed by atoms with Crippen LogP contribution in [0.2, 0.25) is 0 Å². The van der Waals surface area contributed by atoms with Gasteiger partial charge in [0.05, 0.1) is 30.8 Å². The van der Waals surface area contributed by atoms with Gasteiger partial charge in [0.15, 0.2) is 5.11 Å². The monoisotopic (exact) mass is 422 g/mol. The summed E-state index contributed by atoms with van der Waals surface area (Å²) in [4.78, 5) is 18.3. The smallest absolute Gasteiger partial charge is 0.224 e. The van der Waals surface area contributed by atoms with Crippen molar-refractivity contribution >= 4 is 34.6 Å². The average molecular weight is 423 g/mol. The van der Waals surface area contributed by atoms with Crippen LogP contribution in [-0.2, 0) is 4.79 Å².